The van der Waals surface area contributed by atoms with Crippen molar-refractivity contribution < 1.29 is 23.3 Å². The maximum absolute atomic E-state index is 13.2. The summed E-state index contributed by atoms with van der Waals surface area (Å²) in [6, 6.07) is 12.5. The molecule has 0 aliphatic carbocycles. The van der Waals surface area contributed by atoms with Crippen molar-refractivity contribution in [3.63, 3.8) is 0 Å². The number of anilines is 1. The third-order valence-corrected chi connectivity index (χ3v) is 4.43. The molecule has 0 saturated heterocycles. The number of nitrogens with two attached hydrogens (primary N) is 1. The van der Waals surface area contributed by atoms with E-state index in [2.05, 4.69) is 35.8 Å². The largest absolute Gasteiger partial charge is 0.494 e. The fourth-order valence-corrected chi connectivity index (χ4v) is 2.83. The maximum atomic E-state index is 13.2. The summed E-state index contributed by atoms with van der Waals surface area (Å²) in [6.07, 6.45) is 1.46. The number of nitrogens with zero attached hydrogens (tertiary/aromatic N) is 6. The Labute approximate surface area is 192 Å². The molecule has 34 heavy (non-hydrogen) atoms. The molecule has 174 valence electrons. The fraction of sp³-hybridized carbons (Fsp3) is 0.143. The Balaban J connectivity index is 1.52. The van der Waals surface area contributed by atoms with Crippen molar-refractivity contribution in [2.45, 2.75) is 13.5 Å². The van der Waals surface area contributed by atoms with Crippen LogP contribution >= 0.6 is 0 Å². The van der Waals surface area contributed by atoms with Crippen LogP contribution in [0.2, 0.25) is 0 Å². The number of aromatic nitrogens is 5. The number of benzene rings is 2. The number of carbonyl (C=O) groups excluding carboxylic acids is 1. The minimum Gasteiger partial charge on any atom is -0.494 e. The van der Waals surface area contributed by atoms with Gasteiger partial charge in [-0.05, 0) is 71.3 Å². The molecule has 0 spiro atoms. The van der Waals surface area contributed by atoms with Crippen molar-refractivity contribution in [2.75, 3.05) is 12.3 Å². The second-order valence-corrected chi connectivity index (χ2v) is 6.71. The lowest BCUT2D eigenvalue weighted by Crippen LogP contribution is -2.21. The Morgan fingerprint density at radius 3 is 2.53 bits per heavy atom. The van der Waals surface area contributed by atoms with Crippen LogP contribution in [0.15, 0.2) is 58.3 Å². The van der Waals surface area contributed by atoms with Crippen molar-refractivity contribution in [1.82, 2.24) is 30.7 Å². The minimum absolute atomic E-state index is 0.0298. The van der Waals surface area contributed by atoms with E-state index in [1.54, 1.807) is 24.3 Å². The molecule has 4 rings (SSSR count). The van der Waals surface area contributed by atoms with Gasteiger partial charge in [0.25, 0.3) is 5.91 Å². The molecule has 4 aromatic rings. The van der Waals surface area contributed by atoms with Gasteiger partial charge in [-0.25, -0.2) is 14.4 Å². The number of ether oxygens (including phenoxy) is 2. The van der Waals surface area contributed by atoms with E-state index in [9.17, 15) is 9.18 Å². The molecule has 0 fully saturated rings. The van der Waals surface area contributed by atoms with Gasteiger partial charge < -0.3 is 15.2 Å². The molecule has 1 amide bonds. The summed E-state index contributed by atoms with van der Waals surface area (Å²) in [4.78, 5) is 12.8. The van der Waals surface area contributed by atoms with Crippen LogP contribution in [0.3, 0.4) is 0 Å². The van der Waals surface area contributed by atoms with Gasteiger partial charge in [0.1, 0.15) is 29.6 Å². The summed E-state index contributed by atoms with van der Waals surface area (Å²) >= 11 is 0. The SMILES string of the molecule is CCOc1ccc(/C=N\NC(=O)c2nnn(-c3nonc3N)c2COc2ccc(F)cc2)cc1. The normalized spacial score (nSPS) is 11.0. The van der Waals surface area contributed by atoms with Gasteiger partial charge in [0, 0.05) is 0 Å². The van der Waals surface area contributed by atoms with Crippen molar-refractivity contribution in [3.05, 3.63) is 71.3 Å². The smallest absolute Gasteiger partial charge is 0.293 e. The molecule has 2 aromatic carbocycles. The number of amides is 1. The van der Waals surface area contributed by atoms with Crippen LogP contribution in [-0.4, -0.2) is 44.0 Å². The highest BCUT2D eigenvalue weighted by Gasteiger charge is 2.24. The van der Waals surface area contributed by atoms with Gasteiger partial charge in [0.2, 0.25) is 11.6 Å². The molecule has 13 heteroatoms. The van der Waals surface area contributed by atoms with Crippen LogP contribution in [0.5, 0.6) is 11.5 Å². The molecular formula is C21H19FN8O4. The predicted octanol–water partition coefficient (Wildman–Crippen LogP) is 2.11. The second kappa shape index (κ2) is 10.2. The van der Waals surface area contributed by atoms with Gasteiger partial charge in [-0.15, -0.1) is 5.10 Å². The van der Waals surface area contributed by atoms with E-state index in [0.29, 0.717) is 12.4 Å². The lowest BCUT2D eigenvalue weighted by molar-refractivity contribution is 0.0947. The van der Waals surface area contributed by atoms with Crippen LogP contribution < -0.4 is 20.6 Å². The molecule has 3 N–H and O–H groups in total. The van der Waals surface area contributed by atoms with Gasteiger partial charge in [-0.1, -0.05) is 5.21 Å². The first-order chi connectivity index (χ1) is 16.5. The van der Waals surface area contributed by atoms with Crippen LogP contribution in [0.4, 0.5) is 10.2 Å². The number of nitrogen functional groups attached to an aromatic ring is 1. The van der Waals surface area contributed by atoms with E-state index in [1.807, 2.05) is 6.92 Å². The average molecular weight is 466 g/mol. The molecule has 2 aromatic heterocycles. The Morgan fingerprint density at radius 2 is 1.85 bits per heavy atom. The van der Waals surface area contributed by atoms with Gasteiger partial charge >= 0.3 is 0 Å². The highest BCUT2D eigenvalue weighted by atomic mass is 19.1. The van der Waals surface area contributed by atoms with Crippen molar-refractivity contribution in [3.8, 4) is 17.3 Å². The number of rotatable bonds is 9. The number of halogens is 1. The number of hydrogen-bond donors (Lipinski definition) is 2. The zero-order chi connectivity index (χ0) is 23.9. The number of carbonyl (C=O) groups is 1. The first-order valence-corrected chi connectivity index (χ1v) is 10.0. The third kappa shape index (κ3) is 5.15. The van der Waals surface area contributed by atoms with E-state index in [4.69, 9.17) is 15.2 Å². The number of nitrogens with one attached hydrogen (secondary N) is 1. The Hall–Kier alpha value is -4.81. The fourth-order valence-electron chi connectivity index (χ4n) is 2.83. The van der Waals surface area contributed by atoms with Crippen LogP contribution in [0.1, 0.15) is 28.7 Å². The third-order valence-electron chi connectivity index (χ3n) is 4.43. The Kier molecular flexibility index (Phi) is 6.72. The first-order valence-electron chi connectivity index (χ1n) is 10.0. The van der Waals surface area contributed by atoms with Crippen molar-refractivity contribution in [2.24, 2.45) is 5.10 Å². The molecule has 0 atom stereocenters. The predicted molar refractivity (Wildman–Crippen MR) is 117 cm³/mol. The van der Waals surface area contributed by atoms with Crippen LogP contribution in [0, 0.1) is 5.82 Å². The van der Waals surface area contributed by atoms with E-state index in [0.717, 1.165) is 11.3 Å². The molecule has 0 saturated carbocycles. The van der Waals surface area contributed by atoms with E-state index in [-0.39, 0.29) is 29.6 Å². The van der Waals surface area contributed by atoms with Gasteiger partial charge in [0.05, 0.1) is 12.8 Å². The number of hydrazone groups is 1. The zero-order valence-corrected chi connectivity index (χ0v) is 17.9. The molecule has 0 unspecified atom stereocenters. The topological polar surface area (TPSA) is 156 Å². The summed E-state index contributed by atoms with van der Waals surface area (Å²) in [6.45, 7) is 2.29. The second-order valence-electron chi connectivity index (χ2n) is 6.71. The van der Waals surface area contributed by atoms with Crippen molar-refractivity contribution in [1.29, 1.82) is 0 Å². The quantitative estimate of drug-likeness (QED) is 0.279. The summed E-state index contributed by atoms with van der Waals surface area (Å²) in [5.41, 5.74) is 9.00. The average Bonchev–Trinajstić information content (AvgIpc) is 3.45. The molecule has 12 nitrogen and oxygen atoms in total. The molecule has 0 aliphatic rings. The molecule has 0 bridgehead atoms. The summed E-state index contributed by atoms with van der Waals surface area (Å²) in [5, 5.41) is 19.0. The van der Waals surface area contributed by atoms with Gasteiger partial charge in [-0.2, -0.15) is 9.78 Å². The minimum atomic E-state index is -0.652. The maximum Gasteiger partial charge on any atom is 0.293 e. The zero-order valence-electron chi connectivity index (χ0n) is 17.9. The van der Waals surface area contributed by atoms with Crippen molar-refractivity contribution >= 4 is 17.9 Å². The monoisotopic (exact) mass is 466 g/mol. The molecule has 2 heterocycles. The lowest BCUT2D eigenvalue weighted by atomic mass is 10.2. The van der Waals surface area contributed by atoms with E-state index < -0.39 is 11.7 Å². The molecular weight excluding hydrogens is 447 g/mol. The van der Waals surface area contributed by atoms with Crippen LogP contribution in [-0.2, 0) is 6.61 Å². The lowest BCUT2D eigenvalue weighted by Gasteiger charge is -2.08. The molecule has 0 aliphatic heterocycles. The standard InChI is InChI=1S/C21H19FN8O4/c1-2-32-15-7-3-13(4-8-15)11-24-26-21(31)18-17(12-33-16-9-5-14(22)6-10-16)30(29-25-18)20-19(23)27-34-28-20/h3-11H,2,12H2,1H3,(H2,23,27)(H,26,31)/b24-11-. The first kappa shape index (κ1) is 22.4. The van der Waals surface area contributed by atoms with Crippen LogP contribution in [0.25, 0.3) is 5.82 Å². The Morgan fingerprint density at radius 1 is 1.15 bits per heavy atom. The summed E-state index contributed by atoms with van der Waals surface area (Å²) in [7, 11) is 0. The molecule has 0 radical (unpaired) electrons. The van der Waals surface area contributed by atoms with E-state index in [1.165, 1.54) is 35.2 Å². The highest BCUT2D eigenvalue weighted by molar-refractivity contribution is 5.94. The van der Waals surface area contributed by atoms with Gasteiger partial charge in [0.15, 0.2) is 5.69 Å². The Bertz CT molecular complexity index is 1290. The van der Waals surface area contributed by atoms with E-state index >= 15 is 0 Å². The summed E-state index contributed by atoms with van der Waals surface area (Å²) in [5.74, 6) is -0.00400. The van der Waals surface area contributed by atoms with Gasteiger partial charge in [-0.3, -0.25) is 4.79 Å². The summed E-state index contributed by atoms with van der Waals surface area (Å²) < 4.78 is 30.0. The highest BCUT2D eigenvalue weighted by Crippen LogP contribution is 2.19. The number of hydrogen-bond acceptors (Lipinski definition) is 10.